The fourth-order valence-corrected chi connectivity index (χ4v) is 2.18. The summed E-state index contributed by atoms with van der Waals surface area (Å²) in [6, 6.07) is 2.64. The lowest BCUT2D eigenvalue weighted by Crippen LogP contribution is -2.35. The van der Waals surface area contributed by atoms with E-state index in [0.717, 1.165) is 31.0 Å². The van der Waals surface area contributed by atoms with Gasteiger partial charge < -0.3 is 10.6 Å². The number of nitrogens with one attached hydrogen (secondary N) is 2. The van der Waals surface area contributed by atoms with Crippen molar-refractivity contribution in [2.24, 2.45) is 5.92 Å². The molecule has 2 rings (SSSR count). The first kappa shape index (κ1) is 12.3. The van der Waals surface area contributed by atoms with E-state index in [-0.39, 0.29) is 0 Å². The van der Waals surface area contributed by atoms with E-state index in [9.17, 15) is 0 Å². The van der Waals surface area contributed by atoms with E-state index in [2.05, 4.69) is 40.5 Å². The van der Waals surface area contributed by atoms with Crippen LogP contribution in [0.1, 0.15) is 32.4 Å². The molecular weight excluding hydrogens is 212 g/mol. The summed E-state index contributed by atoms with van der Waals surface area (Å²) in [7, 11) is 0. The third-order valence-electron chi connectivity index (χ3n) is 3.03. The minimum Gasteiger partial charge on any atom is -0.367 e. The minimum atomic E-state index is 0.554. The Balaban J connectivity index is 1.95. The maximum atomic E-state index is 4.31. The van der Waals surface area contributed by atoms with Crippen LogP contribution in [0.25, 0.3) is 0 Å². The van der Waals surface area contributed by atoms with Gasteiger partial charge in [0.15, 0.2) is 0 Å². The average molecular weight is 234 g/mol. The first-order valence-electron chi connectivity index (χ1n) is 6.52. The monoisotopic (exact) mass is 234 g/mol. The Morgan fingerprint density at radius 1 is 1.35 bits per heavy atom. The van der Waals surface area contributed by atoms with Gasteiger partial charge in [-0.2, -0.15) is 0 Å². The summed E-state index contributed by atoms with van der Waals surface area (Å²) in [5.74, 6) is 1.61. The molecular formula is C13H22N4. The molecule has 0 saturated carbocycles. The van der Waals surface area contributed by atoms with Crippen LogP contribution < -0.4 is 10.6 Å². The van der Waals surface area contributed by atoms with Gasteiger partial charge in [0, 0.05) is 17.8 Å². The summed E-state index contributed by atoms with van der Waals surface area (Å²) in [4.78, 5) is 8.61. The molecule has 0 radical (unpaired) electrons. The third kappa shape index (κ3) is 3.97. The van der Waals surface area contributed by atoms with Gasteiger partial charge in [-0.05, 0) is 38.3 Å². The fourth-order valence-electron chi connectivity index (χ4n) is 2.18. The van der Waals surface area contributed by atoms with Crippen LogP contribution in [0.15, 0.2) is 12.4 Å². The quantitative estimate of drug-likeness (QED) is 0.834. The maximum absolute atomic E-state index is 4.31. The Bertz CT molecular complexity index is 345. The predicted molar refractivity (Wildman–Crippen MR) is 70.1 cm³/mol. The topological polar surface area (TPSA) is 49.8 Å². The molecule has 4 heteroatoms. The highest BCUT2D eigenvalue weighted by Gasteiger charge is 2.13. The van der Waals surface area contributed by atoms with E-state index in [0.29, 0.717) is 12.0 Å². The number of anilines is 1. The van der Waals surface area contributed by atoms with Crippen molar-refractivity contribution in [2.45, 2.75) is 39.2 Å². The van der Waals surface area contributed by atoms with Gasteiger partial charge >= 0.3 is 0 Å². The smallest absolute Gasteiger partial charge is 0.129 e. The zero-order chi connectivity index (χ0) is 12.1. The molecule has 1 aromatic heterocycles. The molecule has 0 aromatic carbocycles. The Morgan fingerprint density at radius 2 is 2.12 bits per heavy atom. The molecule has 2 N–H and O–H groups in total. The fraction of sp³-hybridized carbons (Fsp3) is 0.692. The number of aromatic nitrogens is 2. The molecule has 0 bridgehead atoms. The third-order valence-corrected chi connectivity index (χ3v) is 3.03. The summed E-state index contributed by atoms with van der Waals surface area (Å²) in [6.45, 7) is 6.62. The van der Waals surface area contributed by atoms with E-state index < -0.39 is 0 Å². The highest BCUT2D eigenvalue weighted by Crippen LogP contribution is 2.13. The minimum absolute atomic E-state index is 0.554. The van der Waals surface area contributed by atoms with Crippen LogP contribution in [-0.2, 0) is 6.42 Å². The Kier molecular flexibility index (Phi) is 4.31. The van der Waals surface area contributed by atoms with Gasteiger partial charge in [0.05, 0.1) is 0 Å². The second-order valence-electron chi connectivity index (χ2n) is 5.16. The lowest BCUT2D eigenvalue weighted by atomic mass is 10.1. The zero-order valence-corrected chi connectivity index (χ0v) is 10.7. The van der Waals surface area contributed by atoms with Gasteiger partial charge in [-0.3, -0.25) is 0 Å². The zero-order valence-electron chi connectivity index (χ0n) is 10.7. The molecule has 1 fully saturated rings. The normalized spacial score (nSPS) is 17.4. The largest absolute Gasteiger partial charge is 0.367 e. The maximum Gasteiger partial charge on any atom is 0.129 e. The molecule has 0 spiro atoms. The predicted octanol–water partition coefficient (Wildman–Crippen LogP) is 1.84. The van der Waals surface area contributed by atoms with Crippen LogP contribution in [0.5, 0.6) is 0 Å². The van der Waals surface area contributed by atoms with Crippen LogP contribution in [0, 0.1) is 5.92 Å². The molecule has 17 heavy (non-hydrogen) atoms. The molecule has 0 atom stereocenters. The Hall–Kier alpha value is -1.16. The number of hydrogen-bond donors (Lipinski definition) is 2. The second kappa shape index (κ2) is 5.96. The highest BCUT2D eigenvalue weighted by molar-refractivity contribution is 5.36. The van der Waals surface area contributed by atoms with Crippen molar-refractivity contribution in [1.82, 2.24) is 15.3 Å². The van der Waals surface area contributed by atoms with E-state index in [1.165, 1.54) is 12.8 Å². The van der Waals surface area contributed by atoms with Crippen LogP contribution >= 0.6 is 0 Å². The summed E-state index contributed by atoms with van der Waals surface area (Å²) < 4.78 is 0. The van der Waals surface area contributed by atoms with Crippen molar-refractivity contribution in [1.29, 1.82) is 0 Å². The van der Waals surface area contributed by atoms with Crippen LogP contribution in [0.4, 0.5) is 5.82 Å². The molecule has 0 amide bonds. The second-order valence-corrected chi connectivity index (χ2v) is 5.16. The number of hydrogen-bond acceptors (Lipinski definition) is 4. The molecule has 1 aliphatic rings. The summed E-state index contributed by atoms with van der Waals surface area (Å²) in [5, 5.41) is 6.87. The molecule has 1 saturated heterocycles. The molecule has 1 aliphatic heterocycles. The molecule has 0 aliphatic carbocycles. The van der Waals surface area contributed by atoms with Crippen molar-refractivity contribution in [2.75, 3.05) is 18.4 Å². The lowest BCUT2D eigenvalue weighted by Gasteiger charge is -2.24. The Labute approximate surface area is 103 Å². The molecule has 1 aromatic rings. The number of piperidine rings is 1. The van der Waals surface area contributed by atoms with Crippen molar-refractivity contribution in [3.63, 3.8) is 0 Å². The molecule has 4 nitrogen and oxygen atoms in total. The first-order valence-corrected chi connectivity index (χ1v) is 6.52. The number of nitrogens with zero attached hydrogens (tertiary/aromatic N) is 2. The number of rotatable bonds is 4. The van der Waals surface area contributed by atoms with Gasteiger partial charge in [0.2, 0.25) is 0 Å². The summed E-state index contributed by atoms with van der Waals surface area (Å²) >= 11 is 0. The van der Waals surface area contributed by atoms with E-state index >= 15 is 0 Å². The molecule has 2 heterocycles. The van der Waals surface area contributed by atoms with Crippen molar-refractivity contribution < 1.29 is 0 Å². The lowest BCUT2D eigenvalue weighted by molar-refractivity contribution is 0.478. The summed E-state index contributed by atoms with van der Waals surface area (Å²) in [5.41, 5.74) is 1.13. The van der Waals surface area contributed by atoms with Crippen molar-refractivity contribution >= 4 is 5.82 Å². The van der Waals surface area contributed by atoms with Gasteiger partial charge in [0.1, 0.15) is 12.1 Å². The van der Waals surface area contributed by atoms with Crippen LogP contribution in [-0.4, -0.2) is 29.1 Å². The van der Waals surface area contributed by atoms with E-state index in [4.69, 9.17) is 0 Å². The van der Waals surface area contributed by atoms with Crippen LogP contribution in [0.3, 0.4) is 0 Å². The van der Waals surface area contributed by atoms with Gasteiger partial charge in [0.25, 0.3) is 0 Å². The van der Waals surface area contributed by atoms with Gasteiger partial charge in [-0.15, -0.1) is 0 Å². The van der Waals surface area contributed by atoms with Crippen LogP contribution in [0.2, 0.25) is 0 Å². The SMILES string of the molecule is CC(C)Cc1cc(NC2CCNCC2)ncn1. The molecule has 94 valence electrons. The van der Waals surface area contributed by atoms with E-state index in [1.54, 1.807) is 6.33 Å². The van der Waals surface area contributed by atoms with Crippen molar-refractivity contribution in [3.05, 3.63) is 18.1 Å². The van der Waals surface area contributed by atoms with Gasteiger partial charge in [-0.1, -0.05) is 13.8 Å². The first-order chi connectivity index (χ1) is 8.24. The molecule has 0 unspecified atom stereocenters. The summed E-state index contributed by atoms with van der Waals surface area (Å²) in [6.07, 6.45) is 5.03. The average Bonchev–Trinajstić information content (AvgIpc) is 2.30. The van der Waals surface area contributed by atoms with Crippen molar-refractivity contribution in [3.8, 4) is 0 Å². The van der Waals surface area contributed by atoms with E-state index in [1.807, 2.05) is 0 Å². The Morgan fingerprint density at radius 3 is 2.82 bits per heavy atom. The standard InChI is InChI=1S/C13H22N4/c1-10(2)7-12-8-13(16-9-15-12)17-11-3-5-14-6-4-11/h8-11,14H,3-7H2,1-2H3,(H,15,16,17). The highest BCUT2D eigenvalue weighted by atomic mass is 15.0. The van der Waals surface area contributed by atoms with Gasteiger partial charge in [-0.25, -0.2) is 9.97 Å².